The Morgan fingerprint density at radius 2 is 1.30 bits per heavy atom. The van der Waals surface area contributed by atoms with Gasteiger partial charge in [0.2, 0.25) is 35.4 Å². The van der Waals surface area contributed by atoms with Gasteiger partial charge in [0, 0.05) is 39.6 Å². The molecule has 1 aromatic carbocycles. The van der Waals surface area contributed by atoms with Gasteiger partial charge in [0.15, 0.2) is 11.9 Å². The van der Waals surface area contributed by atoms with Crippen LogP contribution >= 0.6 is 0 Å². The maximum atomic E-state index is 14.5. The van der Waals surface area contributed by atoms with Crippen LogP contribution in [0.1, 0.15) is 91.5 Å². The molecule has 7 amide bonds. The Balaban J connectivity index is 2.74. The normalized spacial score (nSPS) is 24.2. The van der Waals surface area contributed by atoms with E-state index in [4.69, 9.17) is 27.7 Å². The Morgan fingerprint density at radius 1 is 0.763 bits per heavy atom. The number of aliphatic imine (C=N–C) groups is 2. The highest BCUT2D eigenvalue weighted by Crippen LogP contribution is 2.19. The molecule has 1 fully saturated rings. The zero-order valence-corrected chi connectivity index (χ0v) is 44.5. The number of likely N-dealkylation sites (N-methyl/N-ethyl adjacent to an activating group) is 1. The molecule has 0 radical (unpaired) electrons. The highest BCUT2D eigenvalue weighted by Gasteiger charge is 2.37. The zero-order valence-electron chi connectivity index (χ0n) is 44.5. The summed E-state index contributed by atoms with van der Waals surface area (Å²) in [4.78, 5) is 131. The molecule has 1 saturated heterocycles. The Kier molecular flexibility index (Phi) is 27.5. The molecular formula is C51H79N13O12. The number of carbonyl (C=O) groups excluding carboxylic acids is 7. The lowest BCUT2D eigenvalue weighted by Crippen LogP contribution is -2.59. The van der Waals surface area contributed by atoms with Gasteiger partial charge < -0.3 is 74.7 Å². The molecule has 1 heterocycles. The van der Waals surface area contributed by atoms with Crippen LogP contribution in [0.3, 0.4) is 0 Å². The second-order valence-electron chi connectivity index (χ2n) is 18.8. The fraction of sp³-hybridized carbons (Fsp3) is 0.549. The van der Waals surface area contributed by atoms with Crippen LogP contribution in [0.4, 0.5) is 0 Å². The summed E-state index contributed by atoms with van der Waals surface area (Å²) in [5.41, 5.74) is 23.2. The van der Waals surface area contributed by atoms with E-state index >= 15 is 0 Å². The fourth-order valence-electron chi connectivity index (χ4n) is 7.86. The standard InChI is InChI=1S/C51H79N13O12/c1-28(26-29(2)39(76-8)27-34-16-10-9-11-17-34)20-21-35-30(3)42(66)62-38(48(72)73)22-23-40(65)64(7)33(6)45(69)58-32(5)44(68)61-37(19-13-15-25-57-51(54)55)47(71)63-41(49(74)75)31(4)43(67)60-36(46(70)59-35)18-12-14-24-56-50(52)53/h9-11,16-17,20-21,26,29-32,35-39,41H,6,12-15,18-19,22-25,27H2,1-5,7-8H3,(H,58,69)(H,59,70)(H,60,67)(H,61,68)(H,62,66)(H,63,71)(H,72,73)(H,74,75)(H4,52,53,56)(H4,54,55,57)/b21-20+,28-26+/t29-,30-,31-,32+,35-,36-,37-,38+,39-,41+/m0/s1. The van der Waals surface area contributed by atoms with Crippen molar-refractivity contribution in [1.82, 2.24) is 36.8 Å². The summed E-state index contributed by atoms with van der Waals surface area (Å²) in [7, 11) is 2.81. The van der Waals surface area contributed by atoms with Crippen molar-refractivity contribution in [3.8, 4) is 0 Å². The predicted molar refractivity (Wildman–Crippen MR) is 284 cm³/mol. The van der Waals surface area contributed by atoms with Crippen molar-refractivity contribution < 1.29 is 58.1 Å². The summed E-state index contributed by atoms with van der Waals surface area (Å²) < 4.78 is 5.83. The van der Waals surface area contributed by atoms with Crippen LogP contribution in [0.15, 0.2) is 76.4 Å². The van der Waals surface area contributed by atoms with Crippen LogP contribution in [-0.2, 0) is 54.3 Å². The highest BCUT2D eigenvalue weighted by molar-refractivity contribution is 6.00. The molecule has 1 aliphatic rings. The van der Waals surface area contributed by atoms with E-state index in [1.54, 1.807) is 20.1 Å². The number of ether oxygens (including phenoxy) is 1. The summed E-state index contributed by atoms with van der Waals surface area (Å²) in [6.45, 7) is 11.7. The molecule has 420 valence electrons. The number of nitrogens with two attached hydrogens (primary N) is 4. The quantitative estimate of drug-likeness (QED) is 0.0271. The van der Waals surface area contributed by atoms with Crippen molar-refractivity contribution in [2.24, 2.45) is 50.7 Å². The molecule has 76 heavy (non-hydrogen) atoms. The first-order valence-corrected chi connectivity index (χ1v) is 25.1. The lowest BCUT2D eigenvalue weighted by molar-refractivity contribution is -0.146. The number of hydrogen-bond acceptors (Lipinski definition) is 12. The number of aliphatic carboxylic acids is 2. The summed E-state index contributed by atoms with van der Waals surface area (Å²) in [5, 5.41) is 35.7. The Labute approximate surface area is 443 Å². The first-order chi connectivity index (χ1) is 35.8. The van der Waals surface area contributed by atoms with Gasteiger partial charge in [-0.3, -0.25) is 43.5 Å². The van der Waals surface area contributed by atoms with Gasteiger partial charge in [0.05, 0.1) is 24.0 Å². The van der Waals surface area contributed by atoms with Crippen LogP contribution in [0.5, 0.6) is 0 Å². The molecule has 0 aliphatic carbocycles. The lowest BCUT2D eigenvalue weighted by Gasteiger charge is -2.28. The van der Waals surface area contributed by atoms with Gasteiger partial charge in [-0.15, -0.1) is 0 Å². The minimum atomic E-state index is -1.92. The number of methoxy groups -OCH3 is 1. The third kappa shape index (κ3) is 22.3. The summed E-state index contributed by atoms with van der Waals surface area (Å²) in [6.07, 6.45) is 5.56. The second kappa shape index (κ2) is 32.5. The number of guanidine groups is 2. The number of carboxylic acids is 2. The number of amides is 7. The number of carboxylic acid groups (broad SMARTS) is 2. The van der Waals surface area contributed by atoms with Crippen molar-refractivity contribution in [2.75, 3.05) is 27.2 Å². The molecular weight excluding hydrogens is 987 g/mol. The minimum absolute atomic E-state index is 0.0552. The van der Waals surface area contributed by atoms with Crippen molar-refractivity contribution in [2.45, 2.75) is 135 Å². The number of benzene rings is 1. The maximum Gasteiger partial charge on any atom is 0.327 e. The smallest absolute Gasteiger partial charge is 0.327 e. The summed E-state index contributed by atoms with van der Waals surface area (Å²) >= 11 is 0. The largest absolute Gasteiger partial charge is 0.480 e. The van der Waals surface area contributed by atoms with Crippen LogP contribution < -0.4 is 54.8 Å². The molecule has 16 N–H and O–H groups in total. The van der Waals surface area contributed by atoms with E-state index in [1.807, 2.05) is 43.3 Å². The van der Waals surface area contributed by atoms with Gasteiger partial charge in [-0.25, -0.2) is 9.59 Å². The molecule has 0 bridgehead atoms. The van der Waals surface area contributed by atoms with Gasteiger partial charge >= 0.3 is 11.9 Å². The topological polar surface area (TPSA) is 408 Å². The number of rotatable bonds is 19. The third-order valence-corrected chi connectivity index (χ3v) is 12.7. The van der Waals surface area contributed by atoms with Crippen molar-refractivity contribution >= 4 is 65.2 Å². The Bertz CT molecular complexity index is 2320. The molecule has 0 saturated carbocycles. The van der Waals surface area contributed by atoms with Crippen molar-refractivity contribution in [3.63, 3.8) is 0 Å². The van der Waals surface area contributed by atoms with Gasteiger partial charge in [-0.05, 0) is 70.8 Å². The molecule has 0 aromatic heterocycles. The number of nitrogens with zero attached hydrogens (tertiary/aromatic N) is 3. The SMILES string of the molecule is C=C1C(=O)N[C@H](C)C(=O)N[C@@H](CCCCN=C(N)N)C(=O)N[C@@H](C(=O)O)[C@H](C)C(=O)N[C@@H](CCCCN=C(N)N)C(=O)N[C@@H](/C=C/C(C)=C/[C@H](C)[C@H](Cc2ccccc2)OC)[C@H](C)C(=O)N[C@@H](C(=O)O)CCC(=O)N1C. The number of allylic oxidation sites excluding steroid dienone is 2. The molecule has 1 aromatic rings. The first-order valence-electron chi connectivity index (χ1n) is 25.1. The van der Waals surface area contributed by atoms with E-state index in [1.165, 1.54) is 33.9 Å². The van der Waals surface area contributed by atoms with Crippen LogP contribution in [0, 0.1) is 17.8 Å². The van der Waals surface area contributed by atoms with E-state index in [2.05, 4.69) is 48.5 Å². The Morgan fingerprint density at radius 3 is 1.83 bits per heavy atom. The van der Waals surface area contributed by atoms with Crippen LogP contribution in [0.2, 0.25) is 0 Å². The molecule has 0 spiro atoms. The average Bonchev–Trinajstić information content (AvgIpc) is 3.36. The number of nitrogens with one attached hydrogen (secondary N) is 6. The van der Waals surface area contributed by atoms with E-state index in [0.29, 0.717) is 24.8 Å². The lowest BCUT2D eigenvalue weighted by atomic mass is 9.94. The minimum Gasteiger partial charge on any atom is -0.480 e. The number of carbonyl (C=O) groups is 9. The third-order valence-electron chi connectivity index (χ3n) is 12.7. The van der Waals surface area contributed by atoms with E-state index in [0.717, 1.165) is 10.5 Å². The summed E-state index contributed by atoms with van der Waals surface area (Å²) in [5.74, 6) is -12.7. The van der Waals surface area contributed by atoms with Gasteiger partial charge in [-0.1, -0.05) is 81.5 Å². The molecule has 2 rings (SSSR count). The molecule has 10 atom stereocenters. The molecule has 0 unspecified atom stereocenters. The highest BCUT2D eigenvalue weighted by atomic mass is 16.5. The molecule has 1 aliphatic heterocycles. The Hall–Kier alpha value is -7.83. The van der Waals surface area contributed by atoms with Crippen LogP contribution in [-0.4, -0.2) is 150 Å². The van der Waals surface area contributed by atoms with E-state index < -0.39 is 120 Å². The van der Waals surface area contributed by atoms with Crippen molar-refractivity contribution in [1.29, 1.82) is 0 Å². The van der Waals surface area contributed by atoms with E-state index in [-0.39, 0.29) is 62.7 Å². The second-order valence-corrected chi connectivity index (χ2v) is 18.8. The van der Waals surface area contributed by atoms with Crippen molar-refractivity contribution in [3.05, 3.63) is 72.0 Å². The molecule has 25 heteroatoms. The average molecular weight is 1070 g/mol. The van der Waals surface area contributed by atoms with Crippen LogP contribution in [0.25, 0.3) is 0 Å². The predicted octanol–water partition coefficient (Wildman–Crippen LogP) is -0.594. The van der Waals surface area contributed by atoms with Gasteiger partial charge in [0.25, 0.3) is 5.91 Å². The van der Waals surface area contributed by atoms with Gasteiger partial charge in [-0.2, -0.15) is 0 Å². The monoisotopic (exact) mass is 1070 g/mol. The zero-order chi connectivity index (χ0) is 57.2. The first kappa shape index (κ1) is 64.3. The van der Waals surface area contributed by atoms with E-state index in [9.17, 15) is 53.4 Å². The van der Waals surface area contributed by atoms with Gasteiger partial charge in [0.1, 0.15) is 35.9 Å². The summed E-state index contributed by atoms with van der Waals surface area (Å²) in [6, 6.07) is 0.805. The number of unbranched alkanes of at least 4 members (excludes halogenated alkanes) is 2. The maximum absolute atomic E-state index is 14.5. The fourth-order valence-corrected chi connectivity index (χ4v) is 7.86. The molecule has 25 nitrogen and oxygen atoms in total. The number of hydrogen-bond donors (Lipinski definition) is 12.